The highest BCUT2D eigenvalue weighted by Gasteiger charge is 2.40. The largest absolute Gasteiger partial charge is 0.496 e. The number of aryl methyl sites for hydroxylation is 1. The molecule has 0 bridgehead atoms. The molecule has 0 unspecified atom stereocenters. The number of rotatable bonds is 5. The van der Waals surface area contributed by atoms with Gasteiger partial charge in [0.05, 0.1) is 37.3 Å². The zero-order valence-electron chi connectivity index (χ0n) is 19.4. The number of carbonyl (C=O) groups is 2. The second kappa shape index (κ2) is 9.63. The minimum Gasteiger partial charge on any atom is -0.496 e. The molecule has 0 N–H and O–H groups in total. The van der Waals surface area contributed by atoms with Crippen LogP contribution < -0.4 is 14.4 Å². The lowest BCUT2D eigenvalue weighted by atomic mass is 9.97. The Bertz CT molecular complexity index is 1200. The van der Waals surface area contributed by atoms with Gasteiger partial charge in [-0.3, -0.25) is 4.79 Å². The number of sulfonamides is 1. The van der Waals surface area contributed by atoms with Crippen LogP contribution in [0, 0.1) is 12.8 Å². The highest BCUT2D eigenvalue weighted by atomic mass is 32.2. The van der Waals surface area contributed by atoms with Crippen LogP contribution in [0.1, 0.15) is 18.4 Å². The molecule has 2 heterocycles. The lowest BCUT2D eigenvalue weighted by molar-refractivity contribution is -0.148. The fourth-order valence-corrected chi connectivity index (χ4v) is 6.05. The maximum Gasteiger partial charge on any atom is 0.348 e. The van der Waals surface area contributed by atoms with Crippen molar-refractivity contribution in [3.63, 3.8) is 0 Å². The number of ether oxygens (including phenoxy) is 3. The van der Waals surface area contributed by atoms with Gasteiger partial charge in [-0.25, -0.2) is 13.2 Å². The monoisotopic (exact) mass is 488 g/mol. The molecule has 0 aliphatic carbocycles. The number of nitrogens with zero attached hydrogens (tertiary/aromatic N) is 2. The number of anilines is 1. The molecule has 0 saturated carbocycles. The van der Waals surface area contributed by atoms with E-state index in [2.05, 4.69) is 0 Å². The summed E-state index contributed by atoms with van der Waals surface area (Å²) in [6.45, 7) is 2.19. The fourth-order valence-electron chi connectivity index (χ4n) is 4.44. The zero-order chi connectivity index (χ0) is 24.5. The number of hydrogen-bond acceptors (Lipinski definition) is 7. The summed E-state index contributed by atoms with van der Waals surface area (Å²) in [7, 11) is -0.987. The molecule has 2 aromatic rings. The van der Waals surface area contributed by atoms with Crippen LogP contribution in [0.4, 0.5) is 5.69 Å². The van der Waals surface area contributed by atoms with Crippen molar-refractivity contribution < 1.29 is 32.2 Å². The average molecular weight is 489 g/mol. The van der Waals surface area contributed by atoms with Crippen molar-refractivity contribution in [1.29, 1.82) is 0 Å². The molecule has 4 rings (SSSR count). The number of hydrogen-bond donors (Lipinski definition) is 0. The molecule has 2 aromatic carbocycles. The second-order valence-electron chi connectivity index (χ2n) is 8.38. The van der Waals surface area contributed by atoms with Crippen molar-refractivity contribution >= 4 is 27.6 Å². The van der Waals surface area contributed by atoms with E-state index in [1.165, 1.54) is 29.5 Å². The Kier molecular flexibility index (Phi) is 6.81. The Labute approximate surface area is 199 Å². The first-order valence-corrected chi connectivity index (χ1v) is 12.5. The Balaban J connectivity index is 1.57. The second-order valence-corrected chi connectivity index (χ2v) is 10.3. The molecule has 1 fully saturated rings. The molecule has 2 aliphatic rings. The number of benzene rings is 2. The van der Waals surface area contributed by atoms with Crippen LogP contribution in [-0.4, -0.2) is 64.6 Å². The van der Waals surface area contributed by atoms with Gasteiger partial charge >= 0.3 is 5.97 Å². The minimum atomic E-state index is -3.79. The number of fused-ring (bicyclic) bond motifs is 1. The van der Waals surface area contributed by atoms with Gasteiger partial charge in [0.25, 0.3) is 0 Å². The smallest absolute Gasteiger partial charge is 0.348 e. The molecule has 34 heavy (non-hydrogen) atoms. The van der Waals surface area contributed by atoms with Gasteiger partial charge in [-0.1, -0.05) is 12.1 Å². The van der Waals surface area contributed by atoms with Gasteiger partial charge in [0.1, 0.15) is 11.5 Å². The Morgan fingerprint density at radius 3 is 2.56 bits per heavy atom. The van der Waals surface area contributed by atoms with Gasteiger partial charge in [-0.15, -0.1) is 0 Å². The van der Waals surface area contributed by atoms with Crippen LogP contribution in [0.5, 0.6) is 11.5 Å². The van der Waals surface area contributed by atoms with Gasteiger partial charge in [-0.2, -0.15) is 4.31 Å². The van der Waals surface area contributed by atoms with Crippen molar-refractivity contribution in [3.8, 4) is 11.5 Å². The number of methoxy groups -OCH3 is 2. The highest BCUT2D eigenvalue weighted by Crippen LogP contribution is 2.36. The molecule has 0 radical (unpaired) electrons. The fraction of sp³-hybridized carbons (Fsp3) is 0.417. The molecule has 1 amide bonds. The molecular formula is C24H28N2O7S. The van der Waals surface area contributed by atoms with Crippen molar-refractivity contribution in [2.24, 2.45) is 5.92 Å². The topological polar surface area (TPSA) is 102 Å². The third kappa shape index (κ3) is 4.47. The molecule has 2 atom stereocenters. The van der Waals surface area contributed by atoms with E-state index >= 15 is 0 Å². The summed E-state index contributed by atoms with van der Waals surface area (Å²) in [6.07, 6.45) is 0.154. The van der Waals surface area contributed by atoms with E-state index in [9.17, 15) is 18.0 Å². The first-order chi connectivity index (χ1) is 16.3. The normalized spacial score (nSPS) is 20.7. The third-order valence-corrected chi connectivity index (χ3v) is 8.10. The SMILES string of the molecule is COC(=O)[C@H]1CN(C(=O)[C@H]2CCCN(S(=O)(=O)c3ccc(OC)c(C)c3)C2)c2ccccc2O1. The first kappa shape index (κ1) is 24.0. The van der Waals surface area contributed by atoms with Crippen LogP contribution in [0.3, 0.4) is 0 Å². The van der Waals surface area contributed by atoms with Gasteiger partial charge in [0.2, 0.25) is 22.0 Å². The number of piperidine rings is 1. The van der Waals surface area contributed by atoms with Gasteiger partial charge in [0, 0.05) is 13.1 Å². The number of para-hydroxylation sites is 2. The predicted octanol–water partition coefficient (Wildman–Crippen LogP) is 2.37. The van der Waals surface area contributed by atoms with Crippen molar-refractivity contribution in [2.75, 3.05) is 38.8 Å². The minimum absolute atomic E-state index is 0.00342. The molecule has 2 aliphatic heterocycles. The quantitative estimate of drug-likeness (QED) is 0.596. The van der Waals surface area contributed by atoms with E-state index in [-0.39, 0.29) is 23.9 Å². The van der Waals surface area contributed by atoms with E-state index in [0.717, 1.165) is 0 Å². The van der Waals surface area contributed by atoms with E-state index in [0.29, 0.717) is 42.1 Å². The van der Waals surface area contributed by atoms with E-state index < -0.39 is 28.0 Å². The van der Waals surface area contributed by atoms with Gasteiger partial charge in [0.15, 0.2) is 0 Å². The molecule has 0 spiro atoms. The predicted molar refractivity (Wildman–Crippen MR) is 124 cm³/mol. The van der Waals surface area contributed by atoms with Crippen LogP contribution in [-0.2, 0) is 24.3 Å². The summed E-state index contributed by atoms with van der Waals surface area (Å²) in [6, 6.07) is 11.7. The summed E-state index contributed by atoms with van der Waals surface area (Å²) in [5.41, 5.74) is 1.27. The molecule has 9 nitrogen and oxygen atoms in total. The number of amides is 1. The van der Waals surface area contributed by atoms with Crippen molar-refractivity contribution in [3.05, 3.63) is 48.0 Å². The van der Waals surface area contributed by atoms with Gasteiger partial charge < -0.3 is 19.1 Å². The molecular weight excluding hydrogens is 460 g/mol. The Morgan fingerprint density at radius 2 is 1.85 bits per heavy atom. The van der Waals surface area contributed by atoms with Crippen LogP contribution in [0.15, 0.2) is 47.4 Å². The van der Waals surface area contributed by atoms with Crippen molar-refractivity contribution in [2.45, 2.75) is 30.8 Å². The number of esters is 1. The summed E-state index contributed by atoms with van der Waals surface area (Å²) in [5.74, 6) is -0.346. The molecule has 1 saturated heterocycles. The summed E-state index contributed by atoms with van der Waals surface area (Å²) in [4.78, 5) is 27.4. The zero-order valence-corrected chi connectivity index (χ0v) is 20.2. The van der Waals surface area contributed by atoms with Crippen molar-refractivity contribution in [1.82, 2.24) is 4.31 Å². The van der Waals surface area contributed by atoms with E-state index in [1.807, 2.05) is 0 Å². The van der Waals surface area contributed by atoms with E-state index in [4.69, 9.17) is 14.2 Å². The summed E-state index contributed by atoms with van der Waals surface area (Å²) in [5, 5.41) is 0. The maximum atomic E-state index is 13.6. The highest BCUT2D eigenvalue weighted by molar-refractivity contribution is 7.89. The average Bonchev–Trinajstić information content (AvgIpc) is 2.87. The third-order valence-electron chi connectivity index (χ3n) is 6.24. The lowest BCUT2D eigenvalue weighted by Gasteiger charge is -2.38. The number of carbonyl (C=O) groups excluding carboxylic acids is 2. The Morgan fingerprint density at radius 1 is 1.09 bits per heavy atom. The van der Waals surface area contributed by atoms with Crippen LogP contribution in [0.25, 0.3) is 0 Å². The molecule has 182 valence electrons. The van der Waals surface area contributed by atoms with E-state index in [1.54, 1.807) is 43.3 Å². The Hall–Kier alpha value is -3.11. The molecule has 0 aromatic heterocycles. The lowest BCUT2D eigenvalue weighted by Crippen LogP contribution is -2.52. The first-order valence-electron chi connectivity index (χ1n) is 11.1. The van der Waals surface area contributed by atoms with Gasteiger partial charge in [-0.05, 0) is 55.7 Å². The summed E-state index contributed by atoms with van der Waals surface area (Å²) < 4.78 is 43.8. The van der Waals surface area contributed by atoms with Crippen LogP contribution in [0.2, 0.25) is 0 Å². The standard InChI is InChI=1S/C24H28N2O7S/c1-16-13-18(10-11-20(16)31-2)34(29,30)25-12-6-7-17(14-25)23(27)26-15-22(24(28)32-3)33-21-9-5-4-8-19(21)26/h4-5,8-11,13,17,22H,6-7,12,14-15H2,1-3H3/t17-,22+/m0/s1. The van der Waals surface area contributed by atoms with Crippen LogP contribution >= 0.6 is 0 Å². The summed E-state index contributed by atoms with van der Waals surface area (Å²) >= 11 is 0. The maximum absolute atomic E-state index is 13.6. The molecule has 10 heteroatoms.